The maximum atomic E-state index is 12.1. The molecular formula is C16H20N2OS. The van der Waals surface area contributed by atoms with Gasteiger partial charge in [-0.15, -0.1) is 0 Å². The summed E-state index contributed by atoms with van der Waals surface area (Å²) < 4.78 is 0. The first-order chi connectivity index (χ1) is 9.79. The van der Waals surface area contributed by atoms with E-state index in [0.29, 0.717) is 13.0 Å². The molecule has 1 aromatic rings. The van der Waals surface area contributed by atoms with Gasteiger partial charge in [-0.25, -0.2) is 0 Å². The second kappa shape index (κ2) is 7.96. The Labute approximate surface area is 125 Å². The van der Waals surface area contributed by atoms with Crippen molar-refractivity contribution in [2.24, 2.45) is 5.92 Å². The summed E-state index contributed by atoms with van der Waals surface area (Å²) in [6, 6.07) is 12.6. The minimum absolute atomic E-state index is 0.0321. The molecule has 0 bridgehead atoms. The van der Waals surface area contributed by atoms with Gasteiger partial charge in [-0.1, -0.05) is 30.3 Å². The minimum Gasteiger partial charge on any atom is -0.341 e. The van der Waals surface area contributed by atoms with Crippen LogP contribution in [0.2, 0.25) is 0 Å². The predicted octanol–water partition coefficient (Wildman–Crippen LogP) is 3.07. The number of likely N-dealkylation sites (tertiary alicyclic amines) is 1. The number of nitrogens with zero attached hydrogens (tertiary/aromatic N) is 2. The van der Waals surface area contributed by atoms with Crippen molar-refractivity contribution in [2.45, 2.75) is 25.0 Å². The molecule has 0 spiro atoms. The molecule has 1 atom stereocenters. The number of thioether (sulfide) groups is 1. The molecule has 0 radical (unpaired) electrons. The molecule has 1 aromatic carbocycles. The molecule has 106 valence electrons. The summed E-state index contributed by atoms with van der Waals surface area (Å²) in [4.78, 5) is 13.9. The number of hydrogen-bond donors (Lipinski definition) is 0. The summed E-state index contributed by atoms with van der Waals surface area (Å²) >= 11 is 1.79. The molecule has 2 rings (SSSR count). The van der Waals surface area contributed by atoms with Crippen molar-refractivity contribution in [3.63, 3.8) is 0 Å². The Morgan fingerprint density at radius 2 is 2.20 bits per heavy atom. The molecule has 1 heterocycles. The highest BCUT2D eigenvalue weighted by Gasteiger charge is 2.22. The molecule has 1 aliphatic rings. The van der Waals surface area contributed by atoms with Crippen LogP contribution in [0.15, 0.2) is 30.3 Å². The Morgan fingerprint density at radius 1 is 1.40 bits per heavy atom. The first-order valence-electron chi connectivity index (χ1n) is 7.08. The first kappa shape index (κ1) is 14.9. The van der Waals surface area contributed by atoms with Crippen molar-refractivity contribution in [2.75, 3.05) is 18.8 Å². The molecule has 1 saturated heterocycles. The zero-order valence-corrected chi connectivity index (χ0v) is 12.4. The Morgan fingerprint density at radius 3 is 2.95 bits per heavy atom. The van der Waals surface area contributed by atoms with Gasteiger partial charge in [0.25, 0.3) is 0 Å². The number of carbonyl (C=O) groups is 1. The highest BCUT2D eigenvalue weighted by atomic mass is 32.2. The Balaban J connectivity index is 1.66. The van der Waals surface area contributed by atoms with E-state index in [1.54, 1.807) is 11.8 Å². The van der Waals surface area contributed by atoms with Crippen molar-refractivity contribution < 1.29 is 4.79 Å². The van der Waals surface area contributed by atoms with Gasteiger partial charge in [0.1, 0.15) is 0 Å². The highest BCUT2D eigenvalue weighted by Crippen LogP contribution is 2.18. The van der Waals surface area contributed by atoms with Crippen LogP contribution in [0.5, 0.6) is 0 Å². The molecule has 1 fully saturated rings. The van der Waals surface area contributed by atoms with E-state index in [2.05, 4.69) is 18.2 Å². The van der Waals surface area contributed by atoms with E-state index in [1.165, 1.54) is 5.56 Å². The second-order valence-corrected chi connectivity index (χ2v) is 6.20. The summed E-state index contributed by atoms with van der Waals surface area (Å²) in [5.74, 6) is 2.03. The predicted molar refractivity (Wildman–Crippen MR) is 82.1 cm³/mol. The van der Waals surface area contributed by atoms with Crippen LogP contribution in [0.4, 0.5) is 0 Å². The highest BCUT2D eigenvalue weighted by molar-refractivity contribution is 7.98. The van der Waals surface area contributed by atoms with Gasteiger partial charge >= 0.3 is 0 Å². The maximum absolute atomic E-state index is 12.1. The summed E-state index contributed by atoms with van der Waals surface area (Å²) in [6.07, 6.45) is 2.47. The minimum atomic E-state index is 0.0321. The third kappa shape index (κ3) is 4.57. The van der Waals surface area contributed by atoms with Gasteiger partial charge in [0.2, 0.25) is 5.91 Å². The Hall–Kier alpha value is -1.47. The number of piperidine rings is 1. The molecule has 0 aromatic heterocycles. The van der Waals surface area contributed by atoms with Crippen LogP contribution in [0, 0.1) is 17.2 Å². The summed E-state index contributed by atoms with van der Waals surface area (Å²) in [6.45, 7) is 1.44. The van der Waals surface area contributed by atoms with Crippen molar-refractivity contribution in [1.29, 1.82) is 5.26 Å². The van der Waals surface area contributed by atoms with Gasteiger partial charge in [0.15, 0.2) is 0 Å². The zero-order valence-electron chi connectivity index (χ0n) is 11.6. The number of rotatable bonds is 5. The van der Waals surface area contributed by atoms with Crippen molar-refractivity contribution in [3.8, 4) is 6.07 Å². The quantitative estimate of drug-likeness (QED) is 0.782. The normalized spacial score (nSPS) is 18.6. The van der Waals surface area contributed by atoms with E-state index in [4.69, 9.17) is 5.26 Å². The monoisotopic (exact) mass is 288 g/mol. The lowest BCUT2D eigenvalue weighted by Crippen LogP contribution is -2.39. The summed E-state index contributed by atoms with van der Waals surface area (Å²) in [7, 11) is 0. The van der Waals surface area contributed by atoms with Gasteiger partial charge in [-0.2, -0.15) is 17.0 Å². The van der Waals surface area contributed by atoms with Crippen LogP contribution >= 0.6 is 11.8 Å². The van der Waals surface area contributed by atoms with Crippen LogP contribution in [-0.2, 0) is 10.5 Å². The average Bonchev–Trinajstić information content (AvgIpc) is 2.52. The van der Waals surface area contributed by atoms with E-state index in [9.17, 15) is 4.79 Å². The van der Waals surface area contributed by atoms with Gasteiger partial charge < -0.3 is 4.90 Å². The topological polar surface area (TPSA) is 44.1 Å². The van der Waals surface area contributed by atoms with Gasteiger partial charge in [-0.3, -0.25) is 4.79 Å². The standard InChI is InChI=1S/C16H20N2OS/c17-11-15-7-4-9-18(12-15)16(19)8-10-20-13-14-5-2-1-3-6-14/h1-3,5-6,15H,4,7-10,12-13H2. The second-order valence-electron chi connectivity index (χ2n) is 5.10. The van der Waals surface area contributed by atoms with Crippen LogP contribution in [0.25, 0.3) is 0 Å². The molecule has 20 heavy (non-hydrogen) atoms. The first-order valence-corrected chi connectivity index (χ1v) is 8.24. The molecule has 0 N–H and O–H groups in total. The Kier molecular flexibility index (Phi) is 5.94. The fourth-order valence-corrected chi connectivity index (χ4v) is 3.28. The molecule has 0 saturated carbocycles. The van der Waals surface area contributed by atoms with Crippen molar-refractivity contribution in [3.05, 3.63) is 35.9 Å². The molecule has 0 aliphatic carbocycles. The van der Waals surface area contributed by atoms with Crippen LogP contribution < -0.4 is 0 Å². The van der Waals surface area contributed by atoms with E-state index in [0.717, 1.165) is 30.9 Å². The lowest BCUT2D eigenvalue weighted by atomic mass is 9.99. The molecule has 1 amide bonds. The molecule has 1 unspecified atom stereocenters. The molecule has 4 heteroatoms. The number of hydrogen-bond acceptors (Lipinski definition) is 3. The van der Waals surface area contributed by atoms with Crippen molar-refractivity contribution in [1.82, 2.24) is 4.90 Å². The van der Waals surface area contributed by atoms with Crippen LogP contribution in [0.1, 0.15) is 24.8 Å². The van der Waals surface area contributed by atoms with Gasteiger partial charge in [-0.05, 0) is 18.4 Å². The summed E-state index contributed by atoms with van der Waals surface area (Å²) in [5.41, 5.74) is 1.30. The fourth-order valence-electron chi connectivity index (χ4n) is 2.39. The third-order valence-electron chi connectivity index (χ3n) is 3.53. The number of nitriles is 1. The third-order valence-corrected chi connectivity index (χ3v) is 4.56. The van der Waals surface area contributed by atoms with Crippen molar-refractivity contribution >= 4 is 17.7 Å². The van der Waals surface area contributed by atoms with Gasteiger partial charge in [0, 0.05) is 31.0 Å². The lowest BCUT2D eigenvalue weighted by Gasteiger charge is -2.29. The number of amides is 1. The van der Waals surface area contributed by atoms with E-state index in [-0.39, 0.29) is 11.8 Å². The molecule has 1 aliphatic heterocycles. The van der Waals surface area contributed by atoms with Crippen LogP contribution in [0.3, 0.4) is 0 Å². The zero-order chi connectivity index (χ0) is 14.2. The molecule has 3 nitrogen and oxygen atoms in total. The van der Waals surface area contributed by atoms with E-state index in [1.807, 2.05) is 23.1 Å². The number of benzene rings is 1. The fraction of sp³-hybridized carbons (Fsp3) is 0.500. The van der Waals surface area contributed by atoms with E-state index < -0.39 is 0 Å². The van der Waals surface area contributed by atoms with Crippen LogP contribution in [-0.4, -0.2) is 29.6 Å². The smallest absolute Gasteiger partial charge is 0.223 e. The summed E-state index contributed by atoms with van der Waals surface area (Å²) in [5, 5.41) is 8.94. The maximum Gasteiger partial charge on any atom is 0.223 e. The lowest BCUT2D eigenvalue weighted by molar-refractivity contribution is -0.132. The van der Waals surface area contributed by atoms with E-state index >= 15 is 0 Å². The molecular weight excluding hydrogens is 268 g/mol. The largest absolute Gasteiger partial charge is 0.341 e. The average molecular weight is 288 g/mol. The number of carbonyl (C=O) groups excluding carboxylic acids is 1. The Bertz CT molecular complexity index is 469. The van der Waals surface area contributed by atoms with Gasteiger partial charge in [0.05, 0.1) is 12.0 Å². The SMILES string of the molecule is N#CC1CCCN(C(=O)CCSCc2ccccc2)C1.